The van der Waals surface area contributed by atoms with Crippen LogP contribution < -0.4 is 0 Å². The first kappa shape index (κ1) is 34.0. The standard InChI is InChI=1S/C59H38N2/c1-3-15-38(16-4-1)40-19-13-20-43(35-40)57-47-25-10-9-24-46(47)50-36-41(29-31-48(50)57)42-30-32-54-51(37-42)59-56(61(54)52-28-14-18-39-17-7-8-23-45(39)52)34-33-55-58(59)49-26-11-12-27-53(49)60(55)44-21-5-2-6-22-44/h1-37,57H. The summed E-state index contributed by atoms with van der Waals surface area (Å²) in [6.07, 6.45) is 0. The Morgan fingerprint density at radius 1 is 0.311 bits per heavy atom. The van der Waals surface area contributed by atoms with Gasteiger partial charge in [-0.2, -0.15) is 0 Å². The molecule has 284 valence electrons. The minimum atomic E-state index is 0.167. The summed E-state index contributed by atoms with van der Waals surface area (Å²) < 4.78 is 4.93. The minimum absolute atomic E-state index is 0.167. The van der Waals surface area contributed by atoms with Gasteiger partial charge in [-0.15, -0.1) is 0 Å². The van der Waals surface area contributed by atoms with E-state index in [4.69, 9.17) is 0 Å². The van der Waals surface area contributed by atoms with E-state index in [1.54, 1.807) is 0 Å². The van der Waals surface area contributed by atoms with E-state index in [1.807, 2.05) is 0 Å². The number of hydrogen-bond donors (Lipinski definition) is 0. The largest absolute Gasteiger partial charge is 0.309 e. The Morgan fingerprint density at radius 2 is 0.902 bits per heavy atom. The van der Waals surface area contributed by atoms with E-state index < -0.39 is 0 Å². The number of nitrogens with zero attached hydrogens (tertiary/aromatic N) is 2. The molecule has 1 atom stereocenters. The fourth-order valence-corrected chi connectivity index (χ4v) is 10.5. The highest BCUT2D eigenvalue weighted by molar-refractivity contribution is 6.29. The molecule has 0 N–H and O–H groups in total. The molecule has 0 saturated carbocycles. The second-order valence-corrected chi connectivity index (χ2v) is 16.4. The molecular weight excluding hydrogens is 737 g/mol. The summed E-state index contributed by atoms with van der Waals surface area (Å²) in [6.45, 7) is 0. The van der Waals surface area contributed by atoms with Gasteiger partial charge in [0, 0.05) is 38.5 Å². The highest BCUT2D eigenvalue weighted by Crippen LogP contribution is 2.50. The molecular formula is C59H38N2. The molecule has 2 nitrogen and oxygen atoms in total. The van der Waals surface area contributed by atoms with Gasteiger partial charge in [0.05, 0.1) is 27.8 Å². The van der Waals surface area contributed by atoms with Gasteiger partial charge in [0.15, 0.2) is 0 Å². The third-order valence-electron chi connectivity index (χ3n) is 13.2. The second kappa shape index (κ2) is 13.3. The SMILES string of the molecule is c1ccc(-c2cccc(C3c4ccccc4-c4cc(-c5ccc6c(c5)c5c7c8ccccc8n(-c8ccccc8)c7ccc5n6-c5cccc6ccccc56)ccc43)c2)cc1. The van der Waals surface area contributed by atoms with Crippen LogP contribution in [0.3, 0.4) is 0 Å². The molecule has 2 heteroatoms. The Bertz CT molecular complexity index is 3690. The summed E-state index contributed by atoms with van der Waals surface area (Å²) in [4.78, 5) is 0. The number of rotatable bonds is 5. The van der Waals surface area contributed by atoms with E-state index >= 15 is 0 Å². The average Bonchev–Trinajstić information content (AvgIpc) is 3.97. The van der Waals surface area contributed by atoms with Crippen LogP contribution in [0.15, 0.2) is 224 Å². The van der Waals surface area contributed by atoms with Gasteiger partial charge in [-0.05, 0) is 110 Å². The molecule has 12 aromatic rings. The van der Waals surface area contributed by atoms with E-state index in [1.165, 1.54) is 110 Å². The zero-order valence-electron chi connectivity index (χ0n) is 33.3. The molecule has 1 aliphatic rings. The highest BCUT2D eigenvalue weighted by atomic mass is 15.0. The molecule has 0 aliphatic heterocycles. The van der Waals surface area contributed by atoms with Crippen molar-refractivity contribution in [3.63, 3.8) is 0 Å². The molecule has 13 rings (SSSR count). The van der Waals surface area contributed by atoms with Crippen molar-refractivity contribution < 1.29 is 0 Å². The number of benzene rings is 10. The summed E-state index contributed by atoms with van der Waals surface area (Å²) >= 11 is 0. The number of para-hydroxylation sites is 2. The van der Waals surface area contributed by atoms with Gasteiger partial charge in [-0.1, -0.05) is 170 Å². The summed E-state index contributed by atoms with van der Waals surface area (Å²) in [5.41, 5.74) is 18.8. The predicted octanol–water partition coefficient (Wildman–Crippen LogP) is 15.5. The molecule has 0 saturated heterocycles. The van der Waals surface area contributed by atoms with Crippen molar-refractivity contribution in [3.05, 3.63) is 241 Å². The van der Waals surface area contributed by atoms with E-state index in [0.29, 0.717) is 0 Å². The molecule has 1 aliphatic carbocycles. The normalized spacial score (nSPS) is 13.4. The van der Waals surface area contributed by atoms with Crippen molar-refractivity contribution in [2.45, 2.75) is 5.92 Å². The monoisotopic (exact) mass is 774 g/mol. The smallest absolute Gasteiger partial charge is 0.0549 e. The quantitative estimate of drug-likeness (QED) is 0.165. The first-order valence-electron chi connectivity index (χ1n) is 21.2. The van der Waals surface area contributed by atoms with E-state index in [-0.39, 0.29) is 5.92 Å². The topological polar surface area (TPSA) is 9.86 Å². The Labute approximate surface area is 353 Å². The van der Waals surface area contributed by atoms with Crippen molar-refractivity contribution >= 4 is 54.4 Å². The van der Waals surface area contributed by atoms with Gasteiger partial charge in [0.1, 0.15) is 0 Å². The van der Waals surface area contributed by atoms with Gasteiger partial charge in [-0.3, -0.25) is 0 Å². The molecule has 0 bridgehead atoms. The van der Waals surface area contributed by atoms with Crippen LogP contribution in [0.5, 0.6) is 0 Å². The zero-order chi connectivity index (χ0) is 40.0. The van der Waals surface area contributed by atoms with Crippen molar-refractivity contribution in [2.24, 2.45) is 0 Å². The molecule has 0 spiro atoms. The first-order valence-corrected chi connectivity index (χ1v) is 21.2. The molecule has 61 heavy (non-hydrogen) atoms. The molecule has 2 heterocycles. The molecule has 0 radical (unpaired) electrons. The van der Waals surface area contributed by atoms with Crippen molar-refractivity contribution in [1.82, 2.24) is 9.13 Å². The van der Waals surface area contributed by atoms with Crippen molar-refractivity contribution in [3.8, 4) is 44.8 Å². The van der Waals surface area contributed by atoms with E-state index in [0.717, 1.165) is 5.69 Å². The van der Waals surface area contributed by atoms with Crippen LogP contribution >= 0.6 is 0 Å². The fraction of sp³-hybridized carbons (Fsp3) is 0.0169. The Kier molecular flexibility index (Phi) is 7.40. The van der Waals surface area contributed by atoms with Gasteiger partial charge in [-0.25, -0.2) is 0 Å². The lowest BCUT2D eigenvalue weighted by atomic mass is 9.87. The number of hydrogen-bond acceptors (Lipinski definition) is 0. The number of fused-ring (bicyclic) bond motifs is 11. The first-order chi connectivity index (χ1) is 30.3. The predicted molar refractivity (Wildman–Crippen MR) is 256 cm³/mol. The summed E-state index contributed by atoms with van der Waals surface area (Å²) in [7, 11) is 0. The number of aromatic nitrogens is 2. The molecule has 0 amide bonds. The van der Waals surface area contributed by atoms with Gasteiger partial charge in [0.25, 0.3) is 0 Å². The van der Waals surface area contributed by atoms with Crippen molar-refractivity contribution in [1.29, 1.82) is 0 Å². The van der Waals surface area contributed by atoms with Crippen LogP contribution in [0.4, 0.5) is 0 Å². The second-order valence-electron chi connectivity index (χ2n) is 16.4. The summed E-state index contributed by atoms with van der Waals surface area (Å²) in [6, 6.07) is 82.9. The summed E-state index contributed by atoms with van der Waals surface area (Å²) in [5.74, 6) is 0.167. The lowest BCUT2D eigenvalue weighted by Gasteiger charge is -2.16. The Balaban J connectivity index is 1.05. The van der Waals surface area contributed by atoms with E-state index in [2.05, 4.69) is 234 Å². The third-order valence-corrected chi connectivity index (χ3v) is 13.2. The zero-order valence-corrected chi connectivity index (χ0v) is 33.3. The third kappa shape index (κ3) is 5.09. The Morgan fingerprint density at radius 3 is 1.79 bits per heavy atom. The van der Waals surface area contributed by atoms with E-state index in [9.17, 15) is 0 Å². The molecule has 10 aromatic carbocycles. The van der Waals surface area contributed by atoms with Crippen LogP contribution in [0.2, 0.25) is 0 Å². The fourth-order valence-electron chi connectivity index (χ4n) is 10.5. The lowest BCUT2D eigenvalue weighted by molar-refractivity contribution is 1.02. The lowest BCUT2D eigenvalue weighted by Crippen LogP contribution is -1.99. The Hall–Kier alpha value is -7.94. The van der Waals surface area contributed by atoms with Crippen LogP contribution in [-0.2, 0) is 0 Å². The van der Waals surface area contributed by atoms with Crippen LogP contribution in [0, 0.1) is 0 Å². The van der Waals surface area contributed by atoms with Gasteiger partial charge >= 0.3 is 0 Å². The van der Waals surface area contributed by atoms with Crippen LogP contribution in [0.25, 0.3) is 99.1 Å². The maximum Gasteiger partial charge on any atom is 0.0549 e. The van der Waals surface area contributed by atoms with Crippen LogP contribution in [-0.4, -0.2) is 9.13 Å². The maximum absolute atomic E-state index is 2.50. The minimum Gasteiger partial charge on any atom is -0.309 e. The van der Waals surface area contributed by atoms with Crippen LogP contribution in [0.1, 0.15) is 22.6 Å². The average molecular weight is 775 g/mol. The van der Waals surface area contributed by atoms with Gasteiger partial charge in [0.2, 0.25) is 0 Å². The van der Waals surface area contributed by atoms with Gasteiger partial charge < -0.3 is 9.13 Å². The molecule has 0 fully saturated rings. The highest BCUT2D eigenvalue weighted by Gasteiger charge is 2.30. The molecule has 2 aromatic heterocycles. The maximum atomic E-state index is 2.50. The molecule has 1 unspecified atom stereocenters. The van der Waals surface area contributed by atoms with Crippen molar-refractivity contribution in [2.75, 3.05) is 0 Å². The summed E-state index contributed by atoms with van der Waals surface area (Å²) in [5, 5.41) is 7.53.